The summed E-state index contributed by atoms with van der Waals surface area (Å²) in [7, 11) is 0. The molecule has 3 aromatic carbocycles. The van der Waals surface area contributed by atoms with Crippen molar-refractivity contribution < 1.29 is 31.5 Å². The third-order valence-electron chi connectivity index (χ3n) is 5.61. The molecule has 2 atom stereocenters. The minimum Gasteiger partial charge on any atom is -0.326 e. The van der Waals surface area contributed by atoms with E-state index < -0.39 is 57.4 Å². The Bertz CT molecular complexity index is 1370. The molecule has 0 radical (unpaired) electrons. The third kappa shape index (κ3) is 5.14. The molecule has 0 saturated heterocycles. The zero-order valence-electron chi connectivity index (χ0n) is 17.8. The highest BCUT2D eigenvalue weighted by molar-refractivity contribution is 6.53. The van der Waals surface area contributed by atoms with E-state index in [1.807, 2.05) is 0 Å². The van der Waals surface area contributed by atoms with Crippen molar-refractivity contribution in [2.24, 2.45) is 5.92 Å². The molecular formula is C24H14Cl3F5N2O2. The van der Waals surface area contributed by atoms with Crippen molar-refractivity contribution in [1.82, 2.24) is 0 Å². The Labute approximate surface area is 216 Å². The molecule has 188 valence electrons. The van der Waals surface area contributed by atoms with Crippen LogP contribution in [0.1, 0.15) is 33.8 Å². The second-order valence-corrected chi connectivity index (χ2v) is 9.83. The molecule has 0 heterocycles. The summed E-state index contributed by atoms with van der Waals surface area (Å²) in [5.41, 5.74) is -0.989. The lowest BCUT2D eigenvalue weighted by Gasteiger charge is -2.11. The van der Waals surface area contributed by atoms with E-state index in [2.05, 4.69) is 10.6 Å². The number of amides is 2. The smallest absolute Gasteiger partial charge is 0.266 e. The standard InChI is InChI=1S/C24H14Cl3F5N2O2/c25-15-4-3-12(9-13(15)22(35)34-18-6-2-11(28)8-17(18)30)33-23(36)20-19(24(20,26)27)10-1-5-16(29)14(7-10)21(31)32/h1-9,19-21H,(H,33,36)(H,34,35)/t19-,20+/m0/s1. The fourth-order valence-corrected chi connectivity index (χ4v) is 4.80. The minimum absolute atomic E-state index is 0.0211. The van der Waals surface area contributed by atoms with Crippen LogP contribution in [0.25, 0.3) is 0 Å². The molecule has 1 saturated carbocycles. The number of hydrogen-bond acceptors (Lipinski definition) is 2. The van der Waals surface area contributed by atoms with E-state index in [9.17, 15) is 31.5 Å². The first kappa shape index (κ1) is 26.2. The topological polar surface area (TPSA) is 58.2 Å². The number of halogens is 8. The van der Waals surface area contributed by atoms with E-state index in [1.54, 1.807) is 0 Å². The van der Waals surface area contributed by atoms with Gasteiger partial charge in [0.2, 0.25) is 5.91 Å². The predicted molar refractivity (Wildman–Crippen MR) is 126 cm³/mol. The van der Waals surface area contributed by atoms with Crippen molar-refractivity contribution >= 4 is 58.0 Å². The third-order valence-corrected chi connectivity index (χ3v) is 6.88. The number of anilines is 2. The highest BCUT2D eigenvalue weighted by Crippen LogP contribution is 2.65. The van der Waals surface area contributed by atoms with Crippen LogP contribution in [0.15, 0.2) is 54.6 Å². The summed E-state index contributed by atoms with van der Waals surface area (Å²) < 4.78 is 65.1. The van der Waals surface area contributed by atoms with Crippen molar-refractivity contribution in [1.29, 1.82) is 0 Å². The Hall–Kier alpha value is -2.88. The van der Waals surface area contributed by atoms with Gasteiger partial charge in [-0.1, -0.05) is 17.7 Å². The van der Waals surface area contributed by atoms with Gasteiger partial charge >= 0.3 is 0 Å². The fraction of sp³-hybridized carbons (Fsp3) is 0.167. The molecule has 2 N–H and O–H groups in total. The molecule has 1 aliphatic carbocycles. The lowest BCUT2D eigenvalue weighted by molar-refractivity contribution is -0.117. The molecule has 2 amide bonds. The SMILES string of the molecule is O=C(Nc1ccc(F)cc1F)c1cc(NC(=O)[C@H]2[C@H](c3ccc(F)c(C(F)F)c3)C2(Cl)Cl)ccc1Cl. The second kappa shape index (κ2) is 9.88. The van der Waals surface area contributed by atoms with E-state index in [0.717, 1.165) is 24.3 Å². The average molecular weight is 564 g/mol. The van der Waals surface area contributed by atoms with Crippen LogP contribution in [0.4, 0.5) is 33.3 Å². The monoisotopic (exact) mass is 562 g/mol. The number of carbonyl (C=O) groups is 2. The molecule has 0 aromatic heterocycles. The number of carbonyl (C=O) groups excluding carboxylic acids is 2. The molecule has 0 spiro atoms. The lowest BCUT2D eigenvalue weighted by atomic mass is 10.0. The van der Waals surface area contributed by atoms with E-state index >= 15 is 0 Å². The highest BCUT2D eigenvalue weighted by Gasteiger charge is 2.67. The molecule has 1 aliphatic rings. The average Bonchev–Trinajstić information content (AvgIpc) is 3.39. The molecule has 0 aliphatic heterocycles. The Balaban J connectivity index is 1.52. The van der Waals surface area contributed by atoms with E-state index in [1.165, 1.54) is 24.3 Å². The normalized spacial score (nSPS) is 18.1. The molecule has 0 unspecified atom stereocenters. The maximum atomic E-state index is 13.9. The van der Waals surface area contributed by atoms with Crippen LogP contribution in [0.3, 0.4) is 0 Å². The van der Waals surface area contributed by atoms with Crippen LogP contribution in [-0.2, 0) is 4.79 Å². The van der Waals surface area contributed by atoms with Gasteiger partial charge in [0.1, 0.15) is 21.8 Å². The molecule has 1 fully saturated rings. The Kier molecular flexibility index (Phi) is 7.19. The molecule has 3 aromatic rings. The molecule has 12 heteroatoms. The summed E-state index contributed by atoms with van der Waals surface area (Å²) in [6.07, 6.45) is -3.07. The summed E-state index contributed by atoms with van der Waals surface area (Å²) in [4.78, 5) is 25.5. The first-order valence-electron chi connectivity index (χ1n) is 10.2. The Morgan fingerprint density at radius 2 is 1.61 bits per heavy atom. The summed E-state index contributed by atoms with van der Waals surface area (Å²) >= 11 is 18.6. The van der Waals surface area contributed by atoms with Gasteiger partial charge in [0.05, 0.1) is 27.8 Å². The molecule has 4 nitrogen and oxygen atoms in total. The van der Waals surface area contributed by atoms with Gasteiger partial charge in [-0.05, 0) is 48.0 Å². The highest BCUT2D eigenvalue weighted by atomic mass is 35.5. The quantitative estimate of drug-likeness (QED) is 0.241. The first-order chi connectivity index (χ1) is 16.9. The summed E-state index contributed by atoms with van der Waals surface area (Å²) in [6, 6.07) is 9.46. The van der Waals surface area contributed by atoms with Gasteiger partial charge in [0, 0.05) is 17.7 Å². The maximum Gasteiger partial charge on any atom is 0.266 e. The largest absolute Gasteiger partial charge is 0.326 e. The molecule has 0 bridgehead atoms. The van der Waals surface area contributed by atoms with Gasteiger partial charge in [-0.2, -0.15) is 0 Å². The van der Waals surface area contributed by atoms with Gasteiger partial charge in [0.15, 0.2) is 0 Å². The Morgan fingerprint density at radius 1 is 0.889 bits per heavy atom. The first-order valence-corrected chi connectivity index (χ1v) is 11.4. The van der Waals surface area contributed by atoms with E-state index in [0.29, 0.717) is 6.07 Å². The second-order valence-electron chi connectivity index (χ2n) is 7.97. The van der Waals surface area contributed by atoms with Gasteiger partial charge in [-0.15, -0.1) is 23.2 Å². The number of alkyl halides is 4. The van der Waals surface area contributed by atoms with Crippen LogP contribution < -0.4 is 10.6 Å². The van der Waals surface area contributed by atoms with Crippen molar-refractivity contribution in [2.75, 3.05) is 10.6 Å². The maximum absolute atomic E-state index is 13.9. The van der Waals surface area contributed by atoms with Crippen molar-refractivity contribution in [3.63, 3.8) is 0 Å². The van der Waals surface area contributed by atoms with Crippen LogP contribution in [0.2, 0.25) is 5.02 Å². The molecular weight excluding hydrogens is 550 g/mol. The number of nitrogens with one attached hydrogen (secondary N) is 2. The fourth-order valence-electron chi connectivity index (χ4n) is 3.77. The summed E-state index contributed by atoms with van der Waals surface area (Å²) in [5, 5.41) is 4.76. The van der Waals surface area contributed by atoms with Gasteiger partial charge in [-0.3, -0.25) is 9.59 Å². The van der Waals surface area contributed by atoms with Crippen molar-refractivity contribution in [3.8, 4) is 0 Å². The van der Waals surface area contributed by atoms with Gasteiger partial charge < -0.3 is 10.6 Å². The number of benzene rings is 3. The van der Waals surface area contributed by atoms with Crippen LogP contribution in [0.5, 0.6) is 0 Å². The number of hydrogen-bond donors (Lipinski definition) is 2. The lowest BCUT2D eigenvalue weighted by Crippen LogP contribution is -2.18. The summed E-state index contributed by atoms with van der Waals surface area (Å²) in [6.45, 7) is 0. The molecule has 4 rings (SSSR count). The van der Waals surface area contributed by atoms with E-state index in [4.69, 9.17) is 34.8 Å². The zero-order chi connectivity index (χ0) is 26.4. The van der Waals surface area contributed by atoms with Crippen LogP contribution in [0, 0.1) is 23.4 Å². The van der Waals surface area contributed by atoms with Gasteiger partial charge in [-0.25, -0.2) is 22.0 Å². The van der Waals surface area contributed by atoms with Crippen molar-refractivity contribution in [2.45, 2.75) is 16.7 Å². The van der Waals surface area contributed by atoms with Crippen LogP contribution >= 0.6 is 34.8 Å². The zero-order valence-corrected chi connectivity index (χ0v) is 20.0. The molecule has 36 heavy (non-hydrogen) atoms. The van der Waals surface area contributed by atoms with Crippen molar-refractivity contribution in [3.05, 3.63) is 93.8 Å². The van der Waals surface area contributed by atoms with E-state index in [-0.39, 0.29) is 27.5 Å². The number of rotatable bonds is 6. The summed E-state index contributed by atoms with van der Waals surface area (Å²) in [5.74, 6) is -6.41. The minimum atomic E-state index is -3.07. The van der Waals surface area contributed by atoms with Gasteiger partial charge in [0.25, 0.3) is 12.3 Å². The Morgan fingerprint density at radius 3 is 2.28 bits per heavy atom. The van der Waals surface area contributed by atoms with Crippen LogP contribution in [-0.4, -0.2) is 16.1 Å². The predicted octanol–water partition coefficient (Wildman–Crippen LogP) is 7.47.